The number of halogens is 4. The van der Waals surface area contributed by atoms with E-state index in [0.29, 0.717) is 15.9 Å². The number of benzene rings is 2. The average Bonchev–Trinajstić information content (AvgIpc) is 2.94. The molecule has 0 fully saturated rings. The Hall–Kier alpha value is -2.83. The summed E-state index contributed by atoms with van der Waals surface area (Å²) < 4.78 is 38.5. The normalized spacial score (nSPS) is 11.2. The van der Waals surface area contributed by atoms with Crippen LogP contribution in [0.1, 0.15) is 11.1 Å². The van der Waals surface area contributed by atoms with Gasteiger partial charge in [0.05, 0.1) is 27.4 Å². The van der Waals surface area contributed by atoms with Crippen molar-refractivity contribution in [1.82, 2.24) is 4.98 Å². The molecule has 2 amide bonds. The summed E-state index contributed by atoms with van der Waals surface area (Å²) in [5, 5.41) is 14.2. The number of nitrogens with zero attached hydrogens (tertiary/aromatic N) is 2. The van der Waals surface area contributed by atoms with Gasteiger partial charge in [-0.2, -0.15) is 18.4 Å². The predicted octanol–water partition coefficient (Wildman–Crippen LogP) is 5.48. The Labute approximate surface area is 154 Å². The highest BCUT2D eigenvalue weighted by atomic mass is 35.5. The van der Waals surface area contributed by atoms with E-state index in [2.05, 4.69) is 15.6 Å². The molecule has 0 unspecified atom stereocenters. The predicted molar refractivity (Wildman–Crippen MR) is 93.4 cm³/mol. The van der Waals surface area contributed by atoms with Crippen molar-refractivity contribution in [2.24, 2.45) is 0 Å². The van der Waals surface area contributed by atoms with E-state index in [0.717, 1.165) is 23.5 Å². The second kappa shape index (κ2) is 6.82. The number of nitrogens with one attached hydrogen (secondary N) is 2. The molecule has 0 aliphatic heterocycles. The van der Waals surface area contributed by atoms with Crippen molar-refractivity contribution >= 4 is 50.0 Å². The zero-order valence-corrected chi connectivity index (χ0v) is 14.3. The molecule has 1 heterocycles. The second-order valence-corrected chi connectivity index (χ2v) is 6.59. The number of anilines is 2. The third-order valence-electron chi connectivity index (χ3n) is 3.22. The molecule has 0 spiro atoms. The first-order chi connectivity index (χ1) is 12.2. The fraction of sp³-hybridized carbons (Fsp3) is 0.0625. The van der Waals surface area contributed by atoms with Gasteiger partial charge >= 0.3 is 12.2 Å². The molecule has 2 N–H and O–H groups in total. The topological polar surface area (TPSA) is 77.8 Å². The smallest absolute Gasteiger partial charge is 0.308 e. The maximum absolute atomic E-state index is 12.7. The number of fused-ring (bicyclic) bond motifs is 1. The first kappa shape index (κ1) is 18.0. The van der Waals surface area contributed by atoms with E-state index in [-0.39, 0.29) is 15.7 Å². The molecule has 0 atom stereocenters. The fourth-order valence-electron chi connectivity index (χ4n) is 2.14. The molecular formula is C16H8ClF3N4OS. The minimum atomic E-state index is -4.45. The average molecular weight is 397 g/mol. The van der Waals surface area contributed by atoms with Gasteiger partial charge in [0.25, 0.3) is 0 Å². The number of carbonyl (C=O) groups is 1. The van der Waals surface area contributed by atoms with Crippen LogP contribution in [0.3, 0.4) is 0 Å². The minimum Gasteiger partial charge on any atom is -0.308 e. The van der Waals surface area contributed by atoms with E-state index in [4.69, 9.17) is 16.9 Å². The van der Waals surface area contributed by atoms with Crippen LogP contribution < -0.4 is 10.6 Å². The first-order valence-corrected chi connectivity index (χ1v) is 8.20. The molecule has 3 rings (SSSR count). The number of hydrogen-bond acceptors (Lipinski definition) is 4. The fourth-order valence-corrected chi connectivity index (χ4v) is 3.28. The highest BCUT2D eigenvalue weighted by molar-refractivity contribution is 7.22. The van der Waals surface area contributed by atoms with Gasteiger partial charge < -0.3 is 5.32 Å². The van der Waals surface area contributed by atoms with Crippen LogP contribution >= 0.6 is 22.9 Å². The van der Waals surface area contributed by atoms with Crippen LogP contribution in [0.2, 0.25) is 5.02 Å². The number of urea groups is 1. The number of thiazole rings is 1. The first-order valence-electron chi connectivity index (χ1n) is 7.01. The van der Waals surface area contributed by atoms with E-state index in [9.17, 15) is 18.0 Å². The lowest BCUT2D eigenvalue weighted by molar-refractivity contribution is -0.137. The van der Waals surface area contributed by atoms with Crippen molar-refractivity contribution in [2.75, 3.05) is 10.6 Å². The van der Waals surface area contributed by atoms with E-state index < -0.39 is 17.8 Å². The van der Waals surface area contributed by atoms with Gasteiger partial charge in [0.15, 0.2) is 5.13 Å². The lowest BCUT2D eigenvalue weighted by Gasteiger charge is -2.06. The summed E-state index contributed by atoms with van der Waals surface area (Å²) >= 11 is 6.77. The summed E-state index contributed by atoms with van der Waals surface area (Å²) in [7, 11) is 0. The number of amides is 2. The molecule has 10 heteroatoms. The van der Waals surface area contributed by atoms with Crippen LogP contribution in [0.25, 0.3) is 10.2 Å². The Morgan fingerprint density at radius 1 is 1.19 bits per heavy atom. The molecule has 0 radical (unpaired) electrons. The second-order valence-electron chi connectivity index (χ2n) is 5.12. The Morgan fingerprint density at radius 2 is 1.96 bits per heavy atom. The van der Waals surface area contributed by atoms with Gasteiger partial charge in [-0.1, -0.05) is 22.9 Å². The SMILES string of the molecule is N#Cc1cc(Cl)cc(NC(=O)Nc2nc3ccc(C(F)(F)F)cc3s2)c1. The van der Waals surface area contributed by atoms with Gasteiger partial charge in [-0.15, -0.1) is 0 Å². The maximum Gasteiger partial charge on any atom is 0.416 e. The van der Waals surface area contributed by atoms with Gasteiger partial charge in [0, 0.05) is 10.7 Å². The standard InChI is InChI=1S/C16H8ClF3N4OS/c17-10-3-8(7-21)4-11(6-10)22-14(25)24-15-23-12-2-1-9(16(18,19)20)5-13(12)26-15/h1-6H,(H2,22,23,24,25). The van der Waals surface area contributed by atoms with Gasteiger partial charge in [-0.05, 0) is 36.4 Å². The van der Waals surface area contributed by atoms with Crippen molar-refractivity contribution in [1.29, 1.82) is 5.26 Å². The molecular weight excluding hydrogens is 389 g/mol. The Balaban J connectivity index is 1.77. The van der Waals surface area contributed by atoms with Crippen LogP contribution in [0.4, 0.5) is 28.8 Å². The summed E-state index contributed by atoms with van der Waals surface area (Å²) in [6.45, 7) is 0. The van der Waals surface area contributed by atoms with E-state index >= 15 is 0 Å². The summed E-state index contributed by atoms with van der Waals surface area (Å²) in [4.78, 5) is 16.1. The molecule has 26 heavy (non-hydrogen) atoms. The van der Waals surface area contributed by atoms with Crippen LogP contribution in [0, 0.1) is 11.3 Å². The number of carbonyl (C=O) groups excluding carboxylic acids is 1. The molecule has 0 saturated carbocycles. The van der Waals surface area contributed by atoms with Crippen LogP contribution in [-0.2, 0) is 6.18 Å². The number of nitriles is 1. The van der Waals surface area contributed by atoms with Crippen LogP contribution in [0.15, 0.2) is 36.4 Å². The molecule has 3 aromatic rings. The molecule has 0 bridgehead atoms. The Bertz CT molecular complexity index is 1040. The molecule has 5 nitrogen and oxygen atoms in total. The zero-order chi connectivity index (χ0) is 18.9. The summed E-state index contributed by atoms with van der Waals surface area (Å²) in [5.41, 5.74) is 0.125. The van der Waals surface area contributed by atoms with Crippen molar-refractivity contribution in [2.45, 2.75) is 6.18 Å². The summed E-state index contributed by atoms with van der Waals surface area (Å²) in [5.74, 6) is 0. The third-order valence-corrected chi connectivity index (χ3v) is 4.37. The highest BCUT2D eigenvalue weighted by Crippen LogP contribution is 2.34. The van der Waals surface area contributed by atoms with E-state index in [1.165, 1.54) is 24.3 Å². The molecule has 0 aliphatic carbocycles. The molecule has 2 aromatic carbocycles. The minimum absolute atomic E-state index is 0.138. The summed E-state index contributed by atoms with van der Waals surface area (Å²) in [6.07, 6.45) is -4.45. The number of alkyl halides is 3. The molecule has 1 aromatic heterocycles. The quantitative estimate of drug-likeness (QED) is 0.601. The van der Waals surface area contributed by atoms with Crippen molar-refractivity contribution < 1.29 is 18.0 Å². The summed E-state index contributed by atoms with van der Waals surface area (Å²) in [6, 6.07) is 8.73. The Kier molecular flexibility index (Phi) is 4.71. The molecule has 0 saturated heterocycles. The number of aromatic nitrogens is 1. The number of hydrogen-bond donors (Lipinski definition) is 2. The van der Waals surface area contributed by atoms with E-state index in [1.54, 1.807) is 0 Å². The van der Waals surface area contributed by atoms with Crippen molar-refractivity contribution in [3.05, 3.63) is 52.5 Å². The lowest BCUT2D eigenvalue weighted by Crippen LogP contribution is -2.19. The van der Waals surface area contributed by atoms with Crippen molar-refractivity contribution in [3.8, 4) is 6.07 Å². The largest absolute Gasteiger partial charge is 0.416 e. The lowest BCUT2D eigenvalue weighted by atomic mass is 10.2. The highest BCUT2D eigenvalue weighted by Gasteiger charge is 2.30. The Morgan fingerprint density at radius 3 is 2.65 bits per heavy atom. The van der Waals surface area contributed by atoms with Crippen LogP contribution in [0.5, 0.6) is 0 Å². The maximum atomic E-state index is 12.7. The van der Waals surface area contributed by atoms with Crippen LogP contribution in [-0.4, -0.2) is 11.0 Å². The van der Waals surface area contributed by atoms with Gasteiger partial charge in [0.1, 0.15) is 0 Å². The van der Waals surface area contributed by atoms with Crippen molar-refractivity contribution in [3.63, 3.8) is 0 Å². The zero-order valence-electron chi connectivity index (χ0n) is 12.7. The molecule has 0 aliphatic rings. The van der Waals surface area contributed by atoms with E-state index in [1.807, 2.05) is 6.07 Å². The number of rotatable bonds is 2. The third kappa shape index (κ3) is 4.04. The van der Waals surface area contributed by atoms with Gasteiger partial charge in [-0.3, -0.25) is 5.32 Å². The molecule has 132 valence electrons. The van der Waals surface area contributed by atoms with Gasteiger partial charge in [-0.25, -0.2) is 9.78 Å². The van der Waals surface area contributed by atoms with Gasteiger partial charge in [0.2, 0.25) is 0 Å². The monoisotopic (exact) mass is 396 g/mol.